The summed E-state index contributed by atoms with van der Waals surface area (Å²) in [5.74, 6) is 0.348. The number of hydrogen-bond acceptors (Lipinski definition) is 5. The molecular formula is C26H31N3O3S2. The number of nitrogens with zero attached hydrogens (tertiary/aromatic N) is 2. The normalized spacial score (nSPS) is 19.2. The molecule has 2 heterocycles. The maximum atomic E-state index is 13.1. The molecule has 0 unspecified atom stereocenters. The molecule has 1 aliphatic rings. The lowest BCUT2D eigenvalue weighted by Gasteiger charge is -2.34. The van der Waals surface area contributed by atoms with Crippen molar-refractivity contribution < 1.29 is 13.2 Å². The van der Waals surface area contributed by atoms with E-state index in [0.717, 1.165) is 28.8 Å². The molecule has 0 radical (unpaired) electrons. The number of hydrogen-bond donors (Lipinski definition) is 1. The van der Waals surface area contributed by atoms with E-state index in [-0.39, 0.29) is 10.8 Å². The summed E-state index contributed by atoms with van der Waals surface area (Å²) >= 11 is 1.37. The van der Waals surface area contributed by atoms with E-state index in [0.29, 0.717) is 35.6 Å². The molecule has 1 fully saturated rings. The van der Waals surface area contributed by atoms with Crippen molar-refractivity contribution in [1.29, 1.82) is 0 Å². The van der Waals surface area contributed by atoms with Crippen LogP contribution in [-0.2, 0) is 10.0 Å². The van der Waals surface area contributed by atoms with E-state index in [1.807, 2.05) is 5.38 Å². The number of aromatic nitrogens is 1. The number of rotatable bonds is 5. The highest BCUT2D eigenvalue weighted by atomic mass is 32.2. The monoisotopic (exact) mass is 497 g/mol. The Morgan fingerprint density at radius 1 is 1.03 bits per heavy atom. The Morgan fingerprint density at radius 2 is 1.62 bits per heavy atom. The van der Waals surface area contributed by atoms with Gasteiger partial charge in [0.1, 0.15) is 0 Å². The molecule has 34 heavy (non-hydrogen) atoms. The molecule has 2 atom stereocenters. The minimum Gasteiger partial charge on any atom is -0.298 e. The highest BCUT2D eigenvalue weighted by Crippen LogP contribution is 2.31. The van der Waals surface area contributed by atoms with Gasteiger partial charge in [0, 0.05) is 29.6 Å². The zero-order valence-electron chi connectivity index (χ0n) is 20.3. The van der Waals surface area contributed by atoms with E-state index < -0.39 is 10.0 Å². The second-order valence-corrected chi connectivity index (χ2v) is 12.4. The summed E-state index contributed by atoms with van der Waals surface area (Å²) in [6.07, 6.45) is 1.03. The first-order valence-corrected chi connectivity index (χ1v) is 13.8. The molecule has 6 nitrogen and oxygen atoms in total. The number of carbonyl (C=O) groups excluding carboxylic acids is 1. The van der Waals surface area contributed by atoms with Gasteiger partial charge in [-0.25, -0.2) is 13.4 Å². The zero-order chi connectivity index (χ0) is 24.6. The Bertz CT molecular complexity index is 1280. The van der Waals surface area contributed by atoms with Crippen molar-refractivity contribution in [2.45, 2.75) is 45.9 Å². The van der Waals surface area contributed by atoms with Crippen LogP contribution in [0.2, 0.25) is 0 Å². The minimum atomic E-state index is -3.58. The summed E-state index contributed by atoms with van der Waals surface area (Å²) < 4.78 is 27.7. The van der Waals surface area contributed by atoms with E-state index in [2.05, 4.69) is 57.1 Å². The summed E-state index contributed by atoms with van der Waals surface area (Å²) in [6, 6.07) is 10.4. The van der Waals surface area contributed by atoms with Gasteiger partial charge >= 0.3 is 0 Å². The molecule has 0 aliphatic carbocycles. The van der Waals surface area contributed by atoms with E-state index in [4.69, 9.17) is 0 Å². The number of thiazole rings is 1. The fourth-order valence-corrected chi connectivity index (χ4v) is 7.30. The van der Waals surface area contributed by atoms with Crippen LogP contribution in [-0.4, -0.2) is 36.7 Å². The summed E-state index contributed by atoms with van der Waals surface area (Å²) in [7, 11) is -3.58. The first-order chi connectivity index (χ1) is 16.0. The number of anilines is 1. The van der Waals surface area contributed by atoms with Gasteiger partial charge in [-0.1, -0.05) is 31.5 Å². The number of aryl methyl sites for hydroxylation is 3. The second kappa shape index (κ2) is 9.60. The summed E-state index contributed by atoms with van der Waals surface area (Å²) in [5, 5.41) is 5.29. The van der Waals surface area contributed by atoms with Gasteiger partial charge in [-0.2, -0.15) is 4.31 Å². The predicted molar refractivity (Wildman–Crippen MR) is 138 cm³/mol. The molecule has 2 aromatic carbocycles. The van der Waals surface area contributed by atoms with Crippen LogP contribution >= 0.6 is 11.3 Å². The van der Waals surface area contributed by atoms with Crippen molar-refractivity contribution in [2.24, 2.45) is 11.8 Å². The van der Waals surface area contributed by atoms with Crippen molar-refractivity contribution in [3.63, 3.8) is 0 Å². The molecule has 4 rings (SSSR count). The van der Waals surface area contributed by atoms with Crippen LogP contribution in [0.25, 0.3) is 11.3 Å². The number of sulfonamides is 1. The smallest absolute Gasteiger partial charge is 0.257 e. The third kappa shape index (κ3) is 5.09. The fourth-order valence-electron chi connectivity index (χ4n) is 4.93. The average molecular weight is 498 g/mol. The summed E-state index contributed by atoms with van der Waals surface area (Å²) in [4.78, 5) is 17.6. The van der Waals surface area contributed by atoms with Crippen molar-refractivity contribution in [3.05, 3.63) is 64.0 Å². The molecule has 1 N–H and O–H groups in total. The molecule has 8 heteroatoms. The third-order valence-electron chi connectivity index (χ3n) is 6.25. The quantitative estimate of drug-likeness (QED) is 0.494. The lowest BCUT2D eigenvalue weighted by atomic mass is 9.94. The first kappa shape index (κ1) is 24.6. The standard InChI is InChI=1S/C26H31N3O3S2/c1-16-11-19(4)24(20(5)12-16)23-15-33-26(27-23)28-25(30)21-6-8-22(9-7-21)34(31,32)29-13-17(2)10-18(3)14-29/h6-9,11-12,15,17-18H,10,13-14H2,1-5H3,(H,27,28,30)/t17-,18-/m1/s1. The lowest BCUT2D eigenvalue weighted by Crippen LogP contribution is -2.42. The van der Waals surface area contributed by atoms with Crippen molar-refractivity contribution >= 4 is 32.4 Å². The lowest BCUT2D eigenvalue weighted by molar-refractivity contribution is 0.102. The predicted octanol–water partition coefficient (Wildman–Crippen LogP) is 5.65. The maximum Gasteiger partial charge on any atom is 0.257 e. The topological polar surface area (TPSA) is 79.4 Å². The maximum absolute atomic E-state index is 13.1. The van der Waals surface area contributed by atoms with Gasteiger partial charge in [-0.3, -0.25) is 10.1 Å². The molecule has 1 saturated heterocycles. The van der Waals surface area contributed by atoms with Crippen LogP contribution in [0.3, 0.4) is 0 Å². The highest BCUT2D eigenvalue weighted by molar-refractivity contribution is 7.89. The Balaban J connectivity index is 1.48. The number of amides is 1. The molecule has 180 valence electrons. The average Bonchev–Trinajstić information content (AvgIpc) is 3.20. The molecule has 3 aromatic rings. The second-order valence-electron chi connectivity index (χ2n) is 9.56. The molecule has 0 spiro atoms. The van der Waals surface area contributed by atoms with Crippen LogP contribution in [0.5, 0.6) is 0 Å². The van der Waals surface area contributed by atoms with E-state index in [1.165, 1.54) is 29.0 Å². The Labute approximate surface area is 206 Å². The van der Waals surface area contributed by atoms with Crippen LogP contribution in [0.4, 0.5) is 5.13 Å². The fraction of sp³-hybridized carbons (Fsp3) is 0.385. The third-order valence-corrected chi connectivity index (χ3v) is 8.85. The number of piperidine rings is 1. The first-order valence-electron chi connectivity index (χ1n) is 11.5. The van der Waals surface area contributed by atoms with Crippen molar-refractivity contribution in [2.75, 3.05) is 18.4 Å². The molecule has 0 bridgehead atoms. The van der Waals surface area contributed by atoms with Crippen LogP contribution in [0, 0.1) is 32.6 Å². The number of nitrogens with one attached hydrogen (secondary N) is 1. The zero-order valence-corrected chi connectivity index (χ0v) is 21.9. The SMILES string of the molecule is Cc1cc(C)c(-c2csc(NC(=O)c3ccc(S(=O)(=O)N4C[C@H](C)C[C@@H](C)C4)cc3)n2)c(C)c1. The molecule has 1 aromatic heterocycles. The molecule has 1 aliphatic heterocycles. The van der Waals surface area contributed by atoms with Crippen LogP contribution < -0.4 is 5.32 Å². The molecule has 1 amide bonds. The van der Waals surface area contributed by atoms with Gasteiger partial charge in [0.2, 0.25) is 10.0 Å². The Morgan fingerprint density at radius 3 is 2.21 bits per heavy atom. The summed E-state index contributed by atoms with van der Waals surface area (Å²) in [6.45, 7) is 11.4. The number of carbonyl (C=O) groups is 1. The van der Waals surface area contributed by atoms with Gasteiger partial charge in [-0.05, 0) is 74.4 Å². The number of benzene rings is 2. The van der Waals surface area contributed by atoms with Gasteiger partial charge in [0.15, 0.2) is 5.13 Å². The van der Waals surface area contributed by atoms with E-state index in [9.17, 15) is 13.2 Å². The van der Waals surface area contributed by atoms with Gasteiger partial charge in [0.05, 0.1) is 10.6 Å². The Kier molecular flexibility index (Phi) is 6.94. The van der Waals surface area contributed by atoms with E-state index in [1.54, 1.807) is 16.4 Å². The van der Waals surface area contributed by atoms with E-state index >= 15 is 0 Å². The van der Waals surface area contributed by atoms with Gasteiger partial charge < -0.3 is 0 Å². The van der Waals surface area contributed by atoms with Crippen molar-refractivity contribution in [1.82, 2.24) is 9.29 Å². The van der Waals surface area contributed by atoms with Gasteiger partial charge in [-0.15, -0.1) is 11.3 Å². The van der Waals surface area contributed by atoms with Crippen molar-refractivity contribution in [3.8, 4) is 11.3 Å². The minimum absolute atomic E-state index is 0.215. The summed E-state index contributed by atoms with van der Waals surface area (Å²) in [5.41, 5.74) is 5.81. The molecule has 0 saturated carbocycles. The van der Waals surface area contributed by atoms with Crippen LogP contribution in [0.15, 0.2) is 46.7 Å². The van der Waals surface area contributed by atoms with Gasteiger partial charge in [0.25, 0.3) is 5.91 Å². The molecular weight excluding hydrogens is 466 g/mol. The largest absolute Gasteiger partial charge is 0.298 e. The van der Waals surface area contributed by atoms with Crippen LogP contribution in [0.1, 0.15) is 47.3 Å². The Hall–Kier alpha value is -2.55. The highest BCUT2D eigenvalue weighted by Gasteiger charge is 2.31.